The lowest BCUT2D eigenvalue weighted by Gasteiger charge is -2.26. The van der Waals surface area contributed by atoms with E-state index in [1.807, 2.05) is 0 Å². The minimum atomic E-state index is -0.0119. The van der Waals surface area contributed by atoms with E-state index in [1.54, 1.807) is 23.2 Å². The molecule has 0 spiro atoms. The standard InChI is InChI=1S/C10H14N4O2/c11-13-9-7-8(1-2-12-9)10(15)14-3-5-16-6-4-14/h1-2,7H,3-6,11H2,(H,12,13). The van der Waals surface area contributed by atoms with E-state index in [2.05, 4.69) is 10.4 Å². The van der Waals surface area contributed by atoms with Crippen molar-refractivity contribution in [2.75, 3.05) is 31.7 Å². The van der Waals surface area contributed by atoms with Crippen LogP contribution in [0, 0.1) is 0 Å². The van der Waals surface area contributed by atoms with Gasteiger partial charge in [0.05, 0.1) is 13.2 Å². The Labute approximate surface area is 93.4 Å². The van der Waals surface area contributed by atoms with Crippen LogP contribution in [-0.4, -0.2) is 42.1 Å². The molecule has 1 fully saturated rings. The first-order valence-electron chi connectivity index (χ1n) is 5.11. The molecular weight excluding hydrogens is 208 g/mol. The molecule has 0 aliphatic carbocycles. The largest absolute Gasteiger partial charge is 0.378 e. The average Bonchev–Trinajstić information content (AvgIpc) is 2.39. The van der Waals surface area contributed by atoms with Crippen LogP contribution in [0.3, 0.4) is 0 Å². The van der Waals surface area contributed by atoms with Crippen LogP contribution in [0.25, 0.3) is 0 Å². The number of hydrazine groups is 1. The highest BCUT2D eigenvalue weighted by Gasteiger charge is 2.18. The van der Waals surface area contributed by atoms with Gasteiger partial charge in [0, 0.05) is 24.8 Å². The molecule has 0 bridgehead atoms. The Hall–Kier alpha value is -1.66. The van der Waals surface area contributed by atoms with Crippen molar-refractivity contribution in [1.29, 1.82) is 0 Å². The number of ether oxygens (including phenoxy) is 1. The Morgan fingerprint density at radius 3 is 2.94 bits per heavy atom. The number of pyridine rings is 1. The maximum atomic E-state index is 12.0. The zero-order chi connectivity index (χ0) is 11.4. The number of hydrogen-bond donors (Lipinski definition) is 2. The van der Waals surface area contributed by atoms with Crippen molar-refractivity contribution in [1.82, 2.24) is 9.88 Å². The number of nitrogen functional groups attached to an aromatic ring is 1. The SMILES string of the molecule is NNc1cc(C(=O)N2CCOCC2)ccn1. The summed E-state index contributed by atoms with van der Waals surface area (Å²) in [5, 5.41) is 0. The van der Waals surface area contributed by atoms with Crippen LogP contribution in [0.4, 0.5) is 5.82 Å². The molecule has 1 amide bonds. The first-order valence-corrected chi connectivity index (χ1v) is 5.11. The predicted molar refractivity (Wildman–Crippen MR) is 58.8 cm³/mol. The molecule has 1 aromatic rings. The molecule has 0 aromatic carbocycles. The van der Waals surface area contributed by atoms with E-state index in [1.165, 1.54) is 0 Å². The van der Waals surface area contributed by atoms with E-state index in [9.17, 15) is 4.79 Å². The van der Waals surface area contributed by atoms with Gasteiger partial charge in [-0.05, 0) is 12.1 Å². The van der Waals surface area contributed by atoms with E-state index in [0.29, 0.717) is 37.7 Å². The number of nitrogens with one attached hydrogen (secondary N) is 1. The summed E-state index contributed by atoms with van der Waals surface area (Å²) in [4.78, 5) is 17.8. The number of nitrogens with two attached hydrogens (primary N) is 1. The number of hydrogen-bond acceptors (Lipinski definition) is 5. The van der Waals surface area contributed by atoms with Crippen molar-refractivity contribution in [2.24, 2.45) is 5.84 Å². The summed E-state index contributed by atoms with van der Waals surface area (Å²) in [6.07, 6.45) is 1.56. The summed E-state index contributed by atoms with van der Waals surface area (Å²) in [5.74, 6) is 5.71. The fourth-order valence-electron chi connectivity index (χ4n) is 1.59. The molecule has 1 aliphatic heterocycles. The van der Waals surface area contributed by atoms with Crippen LogP contribution in [0.15, 0.2) is 18.3 Å². The highest BCUT2D eigenvalue weighted by molar-refractivity contribution is 5.94. The zero-order valence-electron chi connectivity index (χ0n) is 8.85. The number of aromatic nitrogens is 1. The average molecular weight is 222 g/mol. The van der Waals surface area contributed by atoms with Crippen LogP contribution in [-0.2, 0) is 4.74 Å². The van der Waals surface area contributed by atoms with E-state index in [-0.39, 0.29) is 5.91 Å². The molecule has 1 aromatic heterocycles. The van der Waals surface area contributed by atoms with Crippen molar-refractivity contribution in [2.45, 2.75) is 0 Å². The van der Waals surface area contributed by atoms with Crippen LogP contribution < -0.4 is 11.3 Å². The quantitative estimate of drug-likeness (QED) is 0.537. The summed E-state index contributed by atoms with van der Waals surface area (Å²) < 4.78 is 5.19. The highest BCUT2D eigenvalue weighted by Crippen LogP contribution is 2.10. The first-order chi connectivity index (χ1) is 7.81. The molecule has 16 heavy (non-hydrogen) atoms. The van der Waals surface area contributed by atoms with Gasteiger partial charge < -0.3 is 15.1 Å². The van der Waals surface area contributed by atoms with Gasteiger partial charge in [0.15, 0.2) is 0 Å². The Morgan fingerprint density at radius 1 is 1.50 bits per heavy atom. The van der Waals surface area contributed by atoms with Gasteiger partial charge in [0.2, 0.25) is 0 Å². The molecule has 0 saturated carbocycles. The predicted octanol–water partition coefficient (Wildman–Crippen LogP) is -0.160. The minimum Gasteiger partial charge on any atom is -0.378 e. The Morgan fingerprint density at radius 2 is 2.25 bits per heavy atom. The smallest absolute Gasteiger partial charge is 0.254 e. The van der Waals surface area contributed by atoms with Crippen LogP contribution in [0.5, 0.6) is 0 Å². The Kier molecular flexibility index (Phi) is 3.33. The second-order valence-corrected chi connectivity index (χ2v) is 3.48. The van der Waals surface area contributed by atoms with Gasteiger partial charge in [0.25, 0.3) is 5.91 Å². The maximum absolute atomic E-state index is 12.0. The first kappa shape index (κ1) is 10.8. The van der Waals surface area contributed by atoms with E-state index >= 15 is 0 Å². The third-order valence-electron chi connectivity index (χ3n) is 2.45. The summed E-state index contributed by atoms with van der Waals surface area (Å²) in [5.41, 5.74) is 3.01. The molecule has 6 heteroatoms. The maximum Gasteiger partial charge on any atom is 0.254 e. The van der Waals surface area contributed by atoms with Crippen molar-refractivity contribution in [3.63, 3.8) is 0 Å². The monoisotopic (exact) mass is 222 g/mol. The summed E-state index contributed by atoms with van der Waals surface area (Å²) >= 11 is 0. The molecule has 1 aliphatic rings. The van der Waals surface area contributed by atoms with E-state index < -0.39 is 0 Å². The summed E-state index contributed by atoms with van der Waals surface area (Å²) in [7, 11) is 0. The summed E-state index contributed by atoms with van der Waals surface area (Å²) in [6.45, 7) is 2.46. The van der Waals surface area contributed by atoms with Gasteiger partial charge >= 0.3 is 0 Å². The van der Waals surface area contributed by atoms with E-state index in [0.717, 1.165) is 0 Å². The lowest BCUT2D eigenvalue weighted by atomic mass is 10.2. The molecule has 0 atom stereocenters. The topological polar surface area (TPSA) is 80.5 Å². The molecule has 0 radical (unpaired) electrons. The molecule has 1 saturated heterocycles. The second kappa shape index (κ2) is 4.91. The second-order valence-electron chi connectivity index (χ2n) is 3.48. The normalized spacial score (nSPS) is 15.9. The molecule has 0 unspecified atom stereocenters. The molecule has 86 valence electrons. The van der Waals surface area contributed by atoms with Crippen molar-refractivity contribution < 1.29 is 9.53 Å². The van der Waals surface area contributed by atoms with Crippen molar-refractivity contribution in [3.05, 3.63) is 23.9 Å². The highest BCUT2D eigenvalue weighted by atomic mass is 16.5. The fraction of sp³-hybridized carbons (Fsp3) is 0.400. The minimum absolute atomic E-state index is 0.0119. The van der Waals surface area contributed by atoms with Crippen LogP contribution in [0.1, 0.15) is 10.4 Å². The van der Waals surface area contributed by atoms with Crippen molar-refractivity contribution in [3.8, 4) is 0 Å². The number of nitrogens with zero attached hydrogens (tertiary/aromatic N) is 2. The van der Waals surface area contributed by atoms with Crippen LogP contribution >= 0.6 is 0 Å². The van der Waals surface area contributed by atoms with Gasteiger partial charge in [-0.1, -0.05) is 0 Å². The van der Waals surface area contributed by atoms with E-state index in [4.69, 9.17) is 10.6 Å². The Balaban J connectivity index is 2.12. The third kappa shape index (κ3) is 2.29. The lowest BCUT2D eigenvalue weighted by molar-refractivity contribution is 0.0303. The number of carbonyl (C=O) groups excluding carboxylic acids is 1. The van der Waals surface area contributed by atoms with Gasteiger partial charge in [-0.2, -0.15) is 0 Å². The fourth-order valence-corrected chi connectivity index (χ4v) is 1.59. The number of amides is 1. The van der Waals surface area contributed by atoms with Crippen LogP contribution in [0.2, 0.25) is 0 Å². The molecule has 2 rings (SSSR count). The zero-order valence-corrected chi connectivity index (χ0v) is 8.85. The third-order valence-corrected chi connectivity index (χ3v) is 2.45. The Bertz CT molecular complexity index is 377. The molecule has 3 N–H and O–H groups in total. The number of carbonyl (C=O) groups is 1. The molecule has 6 nitrogen and oxygen atoms in total. The van der Waals surface area contributed by atoms with Gasteiger partial charge in [0.1, 0.15) is 5.82 Å². The number of anilines is 1. The molecule has 2 heterocycles. The van der Waals surface area contributed by atoms with Gasteiger partial charge in [-0.25, -0.2) is 10.8 Å². The summed E-state index contributed by atoms with van der Waals surface area (Å²) in [6, 6.07) is 3.32. The number of rotatable bonds is 2. The van der Waals surface area contributed by atoms with Gasteiger partial charge in [-0.15, -0.1) is 0 Å². The van der Waals surface area contributed by atoms with Gasteiger partial charge in [-0.3, -0.25) is 4.79 Å². The molecular formula is C10H14N4O2. The lowest BCUT2D eigenvalue weighted by Crippen LogP contribution is -2.40. The van der Waals surface area contributed by atoms with Crippen molar-refractivity contribution >= 4 is 11.7 Å². The number of morpholine rings is 1.